The molecule has 0 fully saturated rings. The van der Waals surface area contributed by atoms with Crippen LogP contribution in [0.1, 0.15) is 5.56 Å². The summed E-state index contributed by atoms with van der Waals surface area (Å²) in [7, 11) is 4.06. The fourth-order valence-electron chi connectivity index (χ4n) is 2.60. The van der Waals surface area contributed by atoms with Gasteiger partial charge in [-0.1, -0.05) is 12.2 Å². The van der Waals surface area contributed by atoms with Gasteiger partial charge in [0.15, 0.2) is 0 Å². The molecule has 0 aromatic carbocycles. The summed E-state index contributed by atoms with van der Waals surface area (Å²) in [5.74, 6) is 0.995. The van der Waals surface area contributed by atoms with Crippen molar-refractivity contribution in [2.45, 2.75) is 13.2 Å². The second kappa shape index (κ2) is 3.66. The molecule has 3 rings (SSSR count). The van der Waals surface area contributed by atoms with Crippen molar-refractivity contribution >= 4 is 18.0 Å². The highest BCUT2D eigenvalue weighted by molar-refractivity contribution is 7.71. The predicted molar refractivity (Wildman–Crippen MR) is 67.3 cm³/mol. The SMILES string of the molecule is CN1Cc2c3n(c(=O)[nH]c2=S)CN(C)CN3C1. The summed E-state index contributed by atoms with van der Waals surface area (Å²) in [6.07, 6.45) is 0. The van der Waals surface area contributed by atoms with Crippen LogP contribution >= 0.6 is 12.2 Å². The van der Waals surface area contributed by atoms with Crippen LogP contribution in [0.3, 0.4) is 0 Å². The van der Waals surface area contributed by atoms with Crippen molar-refractivity contribution in [3.63, 3.8) is 0 Å². The van der Waals surface area contributed by atoms with E-state index in [2.05, 4.69) is 26.7 Å². The van der Waals surface area contributed by atoms with Gasteiger partial charge in [-0.2, -0.15) is 0 Å². The number of hydrogen-bond acceptors (Lipinski definition) is 5. The maximum atomic E-state index is 11.9. The molecule has 7 heteroatoms. The Kier molecular flexibility index (Phi) is 2.35. The molecule has 3 heterocycles. The number of aromatic nitrogens is 2. The third-order valence-electron chi connectivity index (χ3n) is 3.20. The highest BCUT2D eigenvalue weighted by Crippen LogP contribution is 2.28. The molecule has 0 bridgehead atoms. The van der Waals surface area contributed by atoms with Gasteiger partial charge in [0.25, 0.3) is 0 Å². The van der Waals surface area contributed by atoms with E-state index in [0.29, 0.717) is 11.3 Å². The molecule has 1 N–H and O–H groups in total. The zero-order chi connectivity index (χ0) is 12.2. The van der Waals surface area contributed by atoms with Gasteiger partial charge < -0.3 is 4.90 Å². The molecule has 0 unspecified atom stereocenters. The van der Waals surface area contributed by atoms with Gasteiger partial charge in [0.2, 0.25) is 0 Å². The predicted octanol–water partition coefficient (Wildman–Crippen LogP) is -0.0244. The minimum Gasteiger partial charge on any atom is -0.331 e. The van der Waals surface area contributed by atoms with Crippen molar-refractivity contribution < 1.29 is 0 Å². The smallest absolute Gasteiger partial charge is 0.329 e. The van der Waals surface area contributed by atoms with E-state index in [1.54, 1.807) is 4.57 Å². The number of nitrogens with one attached hydrogen (secondary N) is 1. The number of anilines is 1. The number of nitrogens with zero attached hydrogens (tertiary/aromatic N) is 4. The van der Waals surface area contributed by atoms with Gasteiger partial charge in [-0.05, 0) is 14.1 Å². The quantitative estimate of drug-likeness (QED) is 0.658. The Hall–Kier alpha value is -1.18. The Bertz CT molecular complexity index is 531. The molecular weight excluding hydrogens is 238 g/mol. The molecule has 1 aromatic heterocycles. The topological polar surface area (TPSA) is 47.5 Å². The first-order valence-electron chi connectivity index (χ1n) is 5.54. The Balaban J connectivity index is 2.29. The van der Waals surface area contributed by atoms with Crippen molar-refractivity contribution in [1.29, 1.82) is 0 Å². The fraction of sp³-hybridized carbons (Fsp3) is 0.600. The Morgan fingerprint density at radius 3 is 2.65 bits per heavy atom. The Labute approximate surface area is 104 Å². The molecule has 2 aliphatic rings. The largest absolute Gasteiger partial charge is 0.331 e. The van der Waals surface area contributed by atoms with Gasteiger partial charge in [0.05, 0.1) is 20.0 Å². The first kappa shape index (κ1) is 10.9. The van der Waals surface area contributed by atoms with E-state index in [1.807, 2.05) is 7.05 Å². The van der Waals surface area contributed by atoms with Crippen LogP contribution in [0.25, 0.3) is 0 Å². The second-order valence-corrected chi connectivity index (χ2v) is 5.23. The molecule has 0 radical (unpaired) electrons. The first-order valence-corrected chi connectivity index (χ1v) is 5.95. The van der Waals surface area contributed by atoms with Gasteiger partial charge in [0.1, 0.15) is 10.5 Å². The minimum absolute atomic E-state index is 0.116. The molecule has 0 aliphatic carbocycles. The third-order valence-corrected chi connectivity index (χ3v) is 3.55. The Morgan fingerprint density at radius 1 is 1.18 bits per heavy atom. The zero-order valence-corrected chi connectivity index (χ0v) is 10.8. The third kappa shape index (κ3) is 1.62. The maximum Gasteiger partial charge on any atom is 0.329 e. The van der Waals surface area contributed by atoms with Gasteiger partial charge in [-0.25, -0.2) is 4.79 Å². The molecule has 2 aliphatic heterocycles. The monoisotopic (exact) mass is 253 g/mol. The zero-order valence-electron chi connectivity index (χ0n) is 9.93. The van der Waals surface area contributed by atoms with Gasteiger partial charge in [-0.3, -0.25) is 19.4 Å². The normalized spacial score (nSPS) is 20.5. The number of rotatable bonds is 0. The summed E-state index contributed by atoms with van der Waals surface area (Å²) in [6.45, 7) is 3.07. The molecule has 92 valence electrons. The molecule has 0 spiro atoms. The van der Waals surface area contributed by atoms with Crippen LogP contribution in [0, 0.1) is 4.64 Å². The van der Waals surface area contributed by atoms with Crippen molar-refractivity contribution in [3.05, 3.63) is 20.7 Å². The van der Waals surface area contributed by atoms with Crippen LogP contribution in [0.5, 0.6) is 0 Å². The number of H-pyrrole nitrogens is 1. The lowest BCUT2D eigenvalue weighted by Crippen LogP contribution is -2.53. The highest BCUT2D eigenvalue weighted by atomic mass is 32.1. The van der Waals surface area contributed by atoms with Crippen LogP contribution in [-0.4, -0.2) is 46.8 Å². The van der Waals surface area contributed by atoms with Crippen molar-refractivity contribution in [2.75, 3.05) is 32.3 Å². The van der Waals surface area contributed by atoms with E-state index in [1.165, 1.54) is 0 Å². The van der Waals surface area contributed by atoms with Crippen molar-refractivity contribution in [1.82, 2.24) is 19.4 Å². The molecule has 0 amide bonds. The van der Waals surface area contributed by atoms with Gasteiger partial charge >= 0.3 is 5.69 Å². The van der Waals surface area contributed by atoms with Crippen LogP contribution in [0.2, 0.25) is 0 Å². The molecule has 0 saturated carbocycles. The van der Waals surface area contributed by atoms with E-state index in [9.17, 15) is 4.79 Å². The summed E-state index contributed by atoms with van der Waals surface area (Å²) in [6, 6.07) is 0. The summed E-state index contributed by atoms with van der Waals surface area (Å²) in [4.78, 5) is 21.2. The van der Waals surface area contributed by atoms with Crippen LogP contribution < -0.4 is 10.6 Å². The van der Waals surface area contributed by atoms with Crippen LogP contribution in [0.15, 0.2) is 4.79 Å². The molecule has 1 aromatic rings. The molecule has 0 saturated heterocycles. The fourth-order valence-corrected chi connectivity index (χ4v) is 2.85. The molecule has 0 atom stereocenters. The van der Waals surface area contributed by atoms with E-state index >= 15 is 0 Å². The molecule has 17 heavy (non-hydrogen) atoms. The average Bonchev–Trinajstić information content (AvgIpc) is 2.24. The van der Waals surface area contributed by atoms with E-state index in [4.69, 9.17) is 12.2 Å². The van der Waals surface area contributed by atoms with Crippen LogP contribution in [-0.2, 0) is 13.2 Å². The summed E-state index contributed by atoms with van der Waals surface area (Å²) >= 11 is 5.26. The van der Waals surface area contributed by atoms with E-state index in [-0.39, 0.29) is 5.69 Å². The summed E-state index contributed by atoms with van der Waals surface area (Å²) in [5.41, 5.74) is 0.941. The average molecular weight is 253 g/mol. The summed E-state index contributed by atoms with van der Waals surface area (Å²) < 4.78 is 2.34. The maximum absolute atomic E-state index is 11.9. The van der Waals surface area contributed by atoms with Crippen molar-refractivity contribution in [3.8, 4) is 0 Å². The standard InChI is InChI=1S/C10H15N5OS/c1-12-3-7-8(17)11-10(16)15-6-13(2)5-14(4-12)9(7)15/h3-6H2,1-2H3,(H,11,16,17). The minimum atomic E-state index is -0.116. The first-order chi connectivity index (χ1) is 8.06. The second-order valence-electron chi connectivity index (χ2n) is 4.82. The Morgan fingerprint density at radius 2 is 1.88 bits per heavy atom. The van der Waals surface area contributed by atoms with E-state index < -0.39 is 0 Å². The van der Waals surface area contributed by atoms with Crippen LogP contribution in [0.4, 0.5) is 5.82 Å². The van der Waals surface area contributed by atoms with E-state index in [0.717, 1.165) is 31.3 Å². The summed E-state index contributed by atoms with van der Waals surface area (Å²) in [5, 5.41) is 0. The molecule has 6 nitrogen and oxygen atoms in total. The lowest BCUT2D eigenvalue weighted by molar-refractivity contribution is 0.195. The van der Waals surface area contributed by atoms with Crippen molar-refractivity contribution in [2.24, 2.45) is 0 Å². The van der Waals surface area contributed by atoms with Gasteiger partial charge in [0, 0.05) is 12.1 Å². The van der Waals surface area contributed by atoms with Gasteiger partial charge in [-0.15, -0.1) is 0 Å². The number of aromatic amines is 1. The lowest BCUT2D eigenvalue weighted by atomic mass is 10.2. The highest BCUT2D eigenvalue weighted by Gasteiger charge is 2.29. The lowest BCUT2D eigenvalue weighted by Gasteiger charge is -2.43. The molecular formula is C10H15N5OS. The number of hydrogen-bond donors (Lipinski definition) is 1.